The van der Waals surface area contributed by atoms with E-state index in [1.807, 2.05) is 6.07 Å². The number of Topliss-reactive ketones (excluding diaryl/α,β-unsaturated/α-hetero) is 2. The molecule has 4 aliphatic rings. The molecule has 44 heavy (non-hydrogen) atoms. The predicted octanol–water partition coefficient (Wildman–Crippen LogP) is 4.13. The number of carbonyl (C=O) groups excluding carboxylic acids is 3. The summed E-state index contributed by atoms with van der Waals surface area (Å²) < 4.78 is 5.41. The van der Waals surface area contributed by atoms with E-state index in [2.05, 4.69) is 0 Å². The van der Waals surface area contributed by atoms with Gasteiger partial charge >= 0.3 is 0 Å². The molecule has 1 heterocycles. The highest BCUT2D eigenvalue weighted by molar-refractivity contribution is 6.25. The summed E-state index contributed by atoms with van der Waals surface area (Å²) in [5, 5.41) is 47.3. The minimum atomic E-state index is -2.75. The number of ketones is 2. The van der Waals surface area contributed by atoms with Gasteiger partial charge in [-0.3, -0.25) is 19.3 Å². The Kier molecular flexibility index (Phi) is 6.90. The number of hydrogen-bond acceptors (Lipinski definition) is 9. The van der Waals surface area contributed by atoms with Gasteiger partial charge in [0.1, 0.15) is 22.8 Å². The number of hydrogen-bond donors (Lipinski definition) is 5. The molecule has 1 aromatic carbocycles. The quantitative estimate of drug-likeness (QED) is 0.314. The number of aliphatic hydroxyl groups is 3. The number of rotatable bonds is 5. The monoisotopic (exact) mass is 604 g/mol. The van der Waals surface area contributed by atoms with Crippen LogP contribution < -0.4 is 5.73 Å². The van der Waals surface area contributed by atoms with Crippen molar-refractivity contribution in [2.45, 2.75) is 76.9 Å². The lowest BCUT2D eigenvalue weighted by atomic mass is 9.46. The summed E-state index contributed by atoms with van der Waals surface area (Å²) in [6, 6.07) is 2.55. The highest BCUT2D eigenvalue weighted by Crippen LogP contribution is 2.63. The van der Waals surface area contributed by atoms with Crippen LogP contribution >= 0.6 is 0 Å². The van der Waals surface area contributed by atoms with Gasteiger partial charge in [0.25, 0.3) is 5.91 Å². The highest BCUT2D eigenvalue weighted by atomic mass is 16.4. The molecule has 4 aliphatic carbocycles. The summed E-state index contributed by atoms with van der Waals surface area (Å²) in [7, 11) is 3.17. The molecular weight excluding hydrogens is 564 g/mol. The molecule has 1 aromatic heterocycles. The van der Waals surface area contributed by atoms with E-state index in [1.54, 1.807) is 39.6 Å². The van der Waals surface area contributed by atoms with Crippen molar-refractivity contribution >= 4 is 23.2 Å². The van der Waals surface area contributed by atoms with Crippen LogP contribution in [0.5, 0.6) is 5.75 Å². The first kappa shape index (κ1) is 30.1. The van der Waals surface area contributed by atoms with E-state index in [9.17, 15) is 34.8 Å². The zero-order chi connectivity index (χ0) is 31.9. The van der Waals surface area contributed by atoms with Crippen molar-refractivity contribution in [2.75, 3.05) is 14.1 Å². The Morgan fingerprint density at radius 3 is 2.39 bits per heavy atom. The smallest absolute Gasteiger partial charge is 0.255 e. The van der Waals surface area contributed by atoms with E-state index < -0.39 is 57.0 Å². The number of furan rings is 1. The Labute approximate surface area is 255 Å². The normalized spacial score (nSPS) is 30.8. The molecule has 2 aromatic rings. The zero-order valence-corrected chi connectivity index (χ0v) is 25.6. The van der Waals surface area contributed by atoms with E-state index in [1.165, 1.54) is 18.2 Å². The van der Waals surface area contributed by atoms with Gasteiger partial charge in [-0.25, -0.2) is 0 Å². The molecule has 0 radical (unpaired) electrons. The molecule has 10 heteroatoms. The largest absolute Gasteiger partial charge is 0.508 e. The summed E-state index contributed by atoms with van der Waals surface area (Å²) in [6.45, 7) is 3.32. The third-order valence-corrected chi connectivity index (χ3v) is 10.8. The molecule has 2 saturated carbocycles. The SMILES string of the molecule is CN(C)[C@@H]1C(=O)C(C(N)=O)=C(O)[C@@]2(O)C(=O)C3=C(O)c4c(O)c(CC5CCCCC5)cc(-c5ccoc5)c4C[C@@]3(C)C[C@@]12C. The van der Waals surface area contributed by atoms with Crippen LogP contribution in [0.2, 0.25) is 0 Å². The summed E-state index contributed by atoms with van der Waals surface area (Å²) in [5.41, 5.74) is 1.84. The van der Waals surface area contributed by atoms with Crippen LogP contribution in [-0.2, 0) is 27.2 Å². The Bertz CT molecular complexity index is 1650. The summed E-state index contributed by atoms with van der Waals surface area (Å²) in [5.74, 6) is -4.45. The Hall–Kier alpha value is -3.89. The molecule has 0 unspecified atom stereocenters. The van der Waals surface area contributed by atoms with Gasteiger partial charge in [0.15, 0.2) is 11.4 Å². The van der Waals surface area contributed by atoms with Crippen molar-refractivity contribution in [3.8, 4) is 16.9 Å². The number of amides is 1. The maximum Gasteiger partial charge on any atom is 0.255 e. The van der Waals surface area contributed by atoms with Crippen molar-refractivity contribution in [2.24, 2.45) is 22.5 Å². The number of phenols is 1. The Morgan fingerprint density at radius 2 is 1.80 bits per heavy atom. The van der Waals surface area contributed by atoms with Crippen LogP contribution in [0.3, 0.4) is 0 Å². The van der Waals surface area contributed by atoms with E-state index >= 15 is 0 Å². The van der Waals surface area contributed by atoms with Crippen LogP contribution in [0, 0.1) is 16.7 Å². The molecule has 0 bridgehead atoms. The number of carbonyl (C=O) groups is 3. The lowest BCUT2D eigenvalue weighted by Crippen LogP contribution is -2.72. The summed E-state index contributed by atoms with van der Waals surface area (Å²) in [6.07, 6.45) is 9.37. The van der Waals surface area contributed by atoms with Gasteiger partial charge in [-0.05, 0) is 68.1 Å². The molecule has 234 valence electrons. The Balaban J connectivity index is 1.61. The maximum atomic E-state index is 14.6. The number of nitrogens with two attached hydrogens (primary N) is 1. The lowest BCUT2D eigenvalue weighted by Gasteiger charge is -2.59. The maximum absolute atomic E-state index is 14.6. The Morgan fingerprint density at radius 1 is 1.11 bits per heavy atom. The average molecular weight is 605 g/mol. The van der Waals surface area contributed by atoms with Gasteiger partial charge in [0.05, 0.1) is 24.1 Å². The fraction of sp³-hybridized carbons (Fsp3) is 0.500. The first-order chi connectivity index (χ1) is 20.7. The van der Waals surface area contributed by atoms with E-state index in [0.29, 0.717) is 23.5 Å². The van der Waals surface area contributed by atoms with Gasteiger partial charge in [-0.15, -0.1) is 0 Å². The summed E-state index contributed by atoms with van der Waals surface area (Å²) in [4.78, 5) is 42.1. The molecule has 0 saturated heterocycles. The number of likely N-dealkylation sites (N-methyl/N-ethyl adjacent to an activating group) is 1. The van der Waals surface area contributed by atoms with Gasteiger partial charge in [0, 0.05) is 22.0 Å². The first-order valence-electron chi connectivity index (χ1n) is 15.2. The standard InChI is InChI=1S/C34H40N2O8/c1-32-14-21-20(18-10-11-44-15-18)13-19(12-17-8-6-5-7-9-17)25(37)22(21)26(38)24(32)30(41)34(43)29(40)23(31(35)42)27(39)28(36(3)4)33(34,2)16-32/h10-11,13,15,17,28,37-38,40,43H,5-9,12,14,16H2,1-4H3,(H2,35,42)/t28-,32+,33+,34-/m1/s1. The third-order valence-electron chi connectivity index (χ3n) is 10.8. The highest BCUT2D eigenvalue weighted by Gasteiger charge is 2.72. The van der Waals surface area contributed by atoms with E-state index in [-0.39, 0.29) is 29.7 Å². The number of benzene rings is 1. The second-order valence-electron chi connectivity index (χ2n) is 13.9. The van der Waals surface area contributed by atoms with Gasteiger partial charge in [-0.1, -0.05) is 46.0 Å². The van der Waals surface area contributed by atoms with Gasteiger partial charge < -0.3 is 30.6 Å². The number of primary amides is 1. The van der Waals surface area contributed by atoms with Crippen LogP contribution in [0.4, 0.5) is 0 Å². The van der Waals surface area contributed by atoms with Crippen molar-refractivity contribution < 1.29 is 39.2 Å². The number of aliphatic hydroxyl groups excluding tert-OH is 2. The van der Waals surface area contributed by atoms with Crippen LogP contribution in [0.15, 0.2) is 46.0 Å². The van der Waals surface area contributed by atoms with Crippen molar-refractivity contribution in [3.63, 3.8) is 0 Å². The fourth-order valence-electron chi connectivity index (χ4n) is 8.98. The second kappa shape index (κ2) is 10.1. The summed E-state index contributed by atoms with van der Waals surface area (Å²) >= 11 is 0. The minimum absolute atomic E-state index is 0.0266. The molecule has 0 spiro atoms. The van der Waals surface area contributed by atoms with E-state index in [4.69, 9.17) is 10.2 Å². The van der Waals surface area contributed by atoms with Gasteiger partial charge in [0.2, 0.25) is 5.78 Å². The first-order valence-corrected chi connectivity index (χ1v) is 15.2. The van der Waals surface area contributed by atoms with Gasteiger partial charge in [-0.2, -0.15) is 0 Å². The van der Waals surface area contributed by atoms with Crippen molar-refractivity contribution in [1.82, 2.24) is 4.90 Å². The van der Waals surface area contributed by atoms with Crippen LogP contribution in [0.1, 0.15) is 69.1 Å². The number of phenolic OH excluding ortho intramolecular Hbond substituents is 1. The molecule has 4 atom stereocenters. The molecule has 6 rings (SSSR count). The zero-order valence-electron chi connectivity index (χ0n) is 25.6. The molecular formula is C34H40N2O8. The topological polar surface area (TPSA) is 175 Å². The third kappa shape index (κ3) is 3.96. The molecule has 2 fully saturated rings. The predicted molar refractivity (Wildman–Crippen MR) is 161 cm³/mol. The number of fused-ring (bicyclic) bond motifs is 3. The molecule has 6 N–H and O–H groups in total. The van der Waals surface area contributed by atoms with E-state index in [0.717, 1.165) is 36.8 Å². The lowest BCUT2D eigenvalue weighted by molar-refractivity contribution is -0.175. The fourth-order valence-corrected chi connectivity index (χ4v) is 8.98. The van der Waals surface area contributed by atoms with Crippen LogP contribution in [-0.4, -0.2) is 68.5 Å². The molecule has 10 nitrogen and oxygen atoms in total. The molecule has 0 aliphatic heterocycles. The number of nitrogens with zero attached hydrogens (tertiary/aromatic N) is 1. The van der Waals surface area contributed by atoms with Crippen molar-refractivity contribution in [3.05, 3.63) is 58.3 Å². The minimum Gasteiger partial charge on any atom is -0.508 e. The number of aromatic hydroxyl groups is 1. The van der Waals surface area contributed by atoms with Crippen LogP contribution in [0.25, 0.3) is 16.9 Å². The molecule has 1 amide bonds. The second-order valence-corrected chi connectivity index (χ2v) is 13.9. The average Bonchev–Trinajstić information content (AvgIpc) is 3.47. The van der Waals surface area contributed by atoms with Crippen molar-refractivity contribution in [1.29, 1.82) is 0 Å².